The lowest BCUT2D eigenvalue weighted by atomic mass is 10.3. The molecule has 0 spiro atoms. The third-order valence-electron chi connectivity index (χ3n) is 2.83. The van der Waals surface area contributed by atoms with Crippen LogP contribution in [-0.2, 0) is 0 Å². The summed E-state index contributed by atoms with van der Waals surface area (Å²) in [6, 6.07) is 7.59. The van der Waals surface area contributed by atoms with Crippen LogP contribution in [0.4, 0.5) is 0 Å². The van der Waals surface area contributed by atoms with Crippen molar-refractivity contribution in [3.05, 3.63) is 29.3 Å². The third-order valence-corrected chi connectivity index (χ3v) is 3.07. The van der Waals surface area contributed by atoms with Gasteiger partial charge in [0.05, 0.1) is 13.1 Å². The van der Waals surface area contributed by atoms with Crippen molar-refractivity contribution >= 4 is 11.6 Å². The van der Waals surface area contributed by atoms with Gasteiger partial charge in [-0.2, -0.15) is 0 Å². The van der Waals surface area contributed by atoms with E-state index in [-0.39, 0.29) is 0 Å². The molecule has 0 radical (unpaired) electrons. The van der Waals surface area contributed by atoms with Gasteiger partial charge in [0.2, 0.25) is 0 Å². The van der Waals surface area contributed by atoms with Crippen molar-refractivity contribution in [2.24, 2.45) is 0 Å². The number of ether oxygens (including phenoxy) is 1. The van der Waals surface area contributed by atoms with Crippen molar-refractivity contribution < 1.29 is 9.64 Å². The molecule has 2 nitrogen and oxygen atoms in total. The Morgan fingerprint density at radius 3 is 2.80 bits per heavy atom. The summed E-state index contributed by atoms with van der Waals surface area (Å²) in [4.78, 5) is 1.66. The fourth-order valence-corrected chi connectivity index (χ4v) is 2.18. The molecule has 1 aromatic carbocycles. The van der Waals surface area contributed by atoms with Gasteiger partial charge in [0.15, 0.2) is 0 Å². The predicted molar refractivity (Wildman–Crippen MR) is 61.7 cm³/mol. The Balaban J connectivity index is 1.73. The maximum atomic E-state index is 5.87. The highest BCUT2D eigenvalue weighted by Gasteiger charge is 2.14. The van der Waals surface area contributed by atoms with Crippen LogP contribution >= 0.6 is 11.6 Å². The second kappa shape index (κ2) is 5.38. The predicted octanol–water partition coefficient (Wildman–Crippen LogP) is 1.40. The molecule has 3 heteroatoms. The monoisotopic (exact) mass is 226 g/mol. The molecule has 1 saturated heterocycles. The molecule has 0 aromatic heterocycles. The molecular weight excluding hydrogens is 210 g/mol. The zero-order valence-electron chi connectivity index (χ0n) is 8.84. The Bertz CT molecular complexity index is 310. The second-order valence-corrected chi connectivity index (χ2v) is 4.45. The van der Waals surface area contributed by atoms with E-state index in [4.69, 9.17) is 16.3 Å². The molecule has 1 aliphatic heterocycles. The van der Waals surface area contributed by atoms with E-state index in [1.807, 2.05) is 24.3 Å². The molecule has 1 heterocycles. The normalized spacial score (nSPS) is 16.9. The Kier molecular flexibility index (Phi) is 3.87. The Hall–Kier alpha value is -0.730. The topological polar surface area (TPSA) is 13.7 Å². The van der Waals surface area contributed by atoms with Crippen LogP contribution in [-0.4, -0.2) is 26.2 Å². The van der Waals surface area contributed by atoms with E-state index in [2.05, 4.69) is 0 Å². The molecule has 1 aromatic rings. The average molecular weight is 227 g/mol. The van der Waals surface area contributed by atoms with Crippen molar-refractivity contribution in [1.82, 2.24) is 0 Å². The van der Waals surface area contributed by atoms with Gasteiger partial charge in [0.1, 0.15) is 18.9 Å². The Labute approximate surface area is 95.8 Å². The van der Waals surface area contributed by atoms with Crippen molar-refractivity contribution in [1.29, 1.82) is 0 Å². The minimum Gasteiger partial charge on any atom is -0.488 e. The maximum Gasteiger partial charge on any atom is 0.137 e. The molecule has 1 aliphatic rings. The highest BCUT2D eigenvalue weighted by atomic mass is 35.5. The quantitative estimate of drug-likeness (QED) is 0.820. The molecule has 82 valence electrons. The standard InChI is InChI=1S/C12H16ClNO/c13-11-4-3-5-12(10-11)15-9-8-14-6-1-2-7-14/h3-5,10H,1-2,6-9H2/p+1. The molecular formula is C12H17ClNO+. The van der Waals surface area contributed by atoms with E-state index < -0.39 is 0 Å². The first-order valence-corrected chi connectivity index (χ1v) is 5.94. The highest BCUT2D eigenvalue weighted by molar-refractivity contribution is 6.30. The largest absolute Gasteiger partial charge is 0.488 e. The van der Waals surface area contributed by atoms with Gasteiger partial charge in [-0.15, -0.1) is 0 Å². The molecule has 0 aliphatic carbocycles. The summed E-state index contributed by atoms with van der Waals surface area (Å²) in [7, 11) is 0. The van der Waals surface area contributed by atoms with Crippen molar-refractivity contribution in [2.75, 3.05) is 26.2 Å². The van der Waals surface area contributed by atoms with Crippen LogP contribution in [0.1, 0.15) is 12.8 Å². The van der Waals surface area contributed by atoms with Crippen LogP contribution in [0.2, 0.25) is 5.02 Å². The average Bonchev–Trinajstić information content (AvgIpc) is 2.71. The number of likely N-dealkylation sites (tertiary alicyclic amines) is 1. The van der Waals surface area contributed by atoms with Crippen LogP contribution in [0.15, 0.2) is 24.3 Å². The summed E-state index contributed by atoms with van der Waals surface area (Å²) in [5.41, 5.74) is 0. The summed E-state index contributed by atoms with van der Waals surface area (Å²) >= 11 is 5.87. The third kappa shape index (κ3) is 3.40. The minimum absolute atomic E-state index is 0.737. The number of halogens is 1. The van der Waals surface area contributed by atoms with Crippen LogP contribution in [0.3, 0.4) is 0 Å². The fraction of sp³-hybridized carbons (Fsp3) is 0.500. The second-order valence-electron chi connectivity index (χ2n) is 4.01. The molecule has 0 saturated carbocycles. The number of hydrogen-bond donors (Lipinski definition) is 1. The van der Waals surface area contributed by atoms with Crippen LogP contribution in [0.5, 0.6) is 5.75 Å². The molecule has 0 bridgehead atoms. The van der Waals surface area contributed by atoms with Gasteiger partial charge in [0.25, 0.3) is 0 Å². The molecule has 0 amide bonds. The number of nitrogens with one attached hydrogen (secondary N) is 1. The minimum atomic E-state index is 0.737. The van der Waals surface area contributed by atoms with Gasteiger partial charge in [-0.05, 0) is 18.2 Å². The van der Waals surface area contributed by atoms with Gasteiger partial charge < -0.3 is 9.64 Å². The van der Waals surface area contributed by atoms with Crippen LogP contribution < -0.4 is 9.64 Å². The summed E-state index contributed by atoms with van der Waals surface area (Å²) in [6.07, 6.45) is 2.74. The molecule has 1 N–H and O–H groups in total. The van der Waals surface area contributed by atoms with Crippen LogP contribution in [0.25, 0.3) is 0 Å². The van der Waals surface area contributed by atoms with Gasteiger partial charge in [0, 0.05) is 17.9 Å². The molecule has 2 rings (SSSR count). The smallest absolute Gasteiger partial charge is 0.137 e. The van der Waals surface area contributed by atoms with Crippen molar-refractivity contribution in [2.45, 2.75) is 12.8 Å². The summed E-state index contributed by atoms with van der Waals surface area (Å²) in [6.45, 7) is 4.50. The first-order valence-electron chi connectivity index (χ1n) is 5.56. The van der Waals surface area contributed by atoms with E-state index in [9.17, 15) is 0 Å². The summed E-state index contributed by atoms with van der Waals surface area (Å²) in [5, 5.41) is 0.737. The van der Waals surface area contributed by atoms with E-state index >= 15 is 0 Å². The van der Waals surface area contributed by atoms with Gasteiger partial charge in [-0.25, -0.2) is 0 Å². The fourth-order valence-electron chi connectivity index (χ4n) is 2.00. The molecule has 0 atom stereocenters. The zero-order chi connectivity index (χ0) is 10.5. The number of hydrogen-bond acceptors (Lipinski definition) is 1. The number of quaternary nitrogens is 1. The first kappa shape index (κ1) is 10.8. The SMILES string of the molecule is Clc1cccc(OCC[NH+]2CCCC2)c1. The van der Waals surface area contributed by atoms with E-state index in [1.54, 1.807) is 4.90 Å². The molecule has 1 fully saturated rings. The first-order chi connectivity index (χ1) is 7.34. The van der Waals surface area contributed by atoms with E-state index in [0.29, 0.717) is 0 Å². The molecule has 0 unspecified atom stereocenters. The lowest BCUT2D eigenvalue weighted by molar-refractivity contribution is -0.887. The van der Waals surface area contributed by atoms with Crippen molar-refractivity contribution in [3.63, 3.8) is 0 Å². The Morgan fingerprint density at radius 1 is 1.27 bits per heavy atom. The van der Waals surface area contributed by atoms with E-state index in [0.717, 1.165) is 23.9 Å². The van der Waals surface area contributed by atoms with Gasteiger partial charge in [-0.1, -0.05) is 17.7 Å². The van der Waals surface area contributed by atoms with Gasteiger partial charge in [-0.3, -0.25) is 0 Å². The van der Waals surface area contributed by atoms with Crippen molar-refractivity contribution in [3.8, 4) is 5.75 Å². The van der Waals surface area contributed by atoms with E-state index in [1.165, 1.54) is 25.9 Å². The van der Waals surface area contributed by atoms with Gasteiger partial charge >= 0.3 is 0 Å². The maximum absolute atomic E-state index is 5.87. The zero-order valence-corrected chi connectivity index (χ0v) is 9.59. The number of benzene rings is 1. The Morgan fingerprint density at radius 2 is 2.07 bits per heavy atom. The highest BCUT2D eigenvalue weighted by Crippen LogP contribution is 2.16. The lowest BCUT2D eigenvalue weighted by Crippen LogP contribution is -3.10. The number of rotatable bonds is 4. The lowest BCUT2D eigenvalue weighted by Gasteiger charge is -2.12. The summed E-state index contributed by atoms with van der Waals surface area (Å²) in [5.74, 6) is 0.876. The summed E-state index contributed by atoms with van der Waals surface area (Å²) < 4.78 is 5.64. The molecule has 15 heavy (non-hydrogen) atoms. The van der Waals surface area contributed by atoms with Crippen LogP contribution in [0, 0.1) is 0 Å².